The summed E-state index contributed by atoms with van der Waals surface area (Å²) < 4.78 is 18.9. The number of aliphatic hydroxyl groups is 1. The molecule has 0 saturated heterocycles. The van der Waals surface area contributed by atoms with Gasteiger partial charge in [-0.1, -0.05) is 6.92 Å². The van der Waals surface area contributed by atoms with E-state index in [9.17, 15) is 19.4 Å². The van der Waals surface area contributed by atoms with Crippen molar-refractivity contribution in [2.45, 2.75) is 25.9 Å². The van der Waals surface area contributed by atoms with E-state index in [1.165, 1.54) is 19.2 Å². The molecule has 0 aliphatic heterocycles. The topological polar surface area (TPSA) is 66.8 Å². The maximum atomic E-state index is 14.0. The molecule has 2 N–H and O–H groups in total. The van der Waals surface area contributed by atoms with Crippen molar-refractivity contribution in [1.82, 2.24) is 0 Å². The molecule has 4 nitrogen and oxygen atoms in total. The molecule has 2 rings (SSSR count). The Bertz CT molecular complexity index is 503. The van der Waals surface area contributed by atoms with Crippen LogP contribution in [0.25, 0.3) is 0 Å². The van der Waals surface area contributed by atoms with Crippen molar-refractivity contribution in [3.8, 4) is 5.75 Å². The van der Waals surface area contributed by atoms with Crippen LogP contribution in [0.5, 0.6) is 5.75 Å². The summed E-state index contributed by atoms with van der Waals surface area (Å²) in [6.07, 6.45) is 0.00489. The van der Waals surface area contributed by atoms with Gasteiger partial charge < -0.3 is 14.9 Å². The fourth-order valence-electron chi connectivity index (χ4n) is 3.07. The Balaban J connectivity index is 2.26. The zero-order valence-electron chi connectivity index (χ0n) is 11.5. The van der Waals surface area contributed by atoms with Gasteiger partial charge in [0, 0.05) is 17.5 Å². The molecule has 20 heavy (non-hydrogen) atoms. The van der Waals surface area contributed by atoms with E-state index in [4.69, 9.17) is 4.74 Å². The van der Waals surface area contributed by atoms with Gasteiger partial charge >= 0.3 is 5.97 Å². The van der Waals surface area contributed by atoms with E-state index in [0.29, 0.717) is 18.6 Å². The van der Waals surface area contributed by atoms with Crippen molar-refractivity contribution in [1.29, 1.82) is 0 Å². The minimum atomic E-state index is -1.10. The summed E-state index contributed by atoms with van der Waals surface area (Å²) in [7, 11) is 1.43. The van der Waals surface area contributed by atoms with Gasteiger partial charge in [-0.05, 0) is 30.9 Å². The van der Waals surface area contributed by atoms with Crippen LogP contribution < -0.4 is 4.74 Å². The fraction of sp³-hybridized carbons (Fsp3) is 0.533. The second kappa shape index (κ2) is 5.79. The highest BCUT2D eigenvalue weighted by Crippen LogP contribution is 2.44. The first-order valence-corrected chi connectivity index (χ1v) is 6.68. The van der Waals surface area contributed by atoms with Gasteiger partial charge in [-0.15, -0.1) is 0 Å². The van der Waals surface area contributed by atoms with E-state index in [1.807, 2.05) is 6.92 Å². The zero-order chi connectivity index (χ0) is 14.9. The second-order valence-corrected chi connectivity index (χ2v) is 5.52. The Hall–Kier alpha value is -1.62. The molecule has 0 bridgehead atoms. The number of benzene rings is 1. The van der Waals surface area contributed by atoms with Gasteiger partial charge in [-0.2, -0.15) is 0 Å². The predicted molar refractivity (Wildman–Crippen MR) is 70.9 cm³/mol. The van der Waals surface area contributed by atoms with Crippen LogP contribution >= 0.6 is 0 Å². The van der Waals surface area contributed by atoms with Crippen molar-refractivity contribution in [2.75, 3.05) is 7.11 Å². The Morgan fingerprint density at radius 3 is 2.70 bits per heavy atom. The molecule has 4 unspecified atom stereocenters. The van der Waals surface area contributed by atoms with E-state index < -0.39 is 29.7 Å². The van der Waals surface area contributed by atoms with E-state index in [1.54, 1.807) is 6.07 Å². The lowest BCUT2D eigenvalue weighted by atomic mass is 9.86. The molecule has 0 amide bonds. The van der Waals surface area contributed by atoms with Gasteiger partial charge in [0.1, 0.15) is 11.6 Å². The standard InChI is InChI=1S/C15H19FO4/c1-8-5-11(12(6-8)15(18)19)14(17)10-4-3-9(20-2)7-13(10)16/h3-4,7-8,11-12,14,17H,5-6H2,1-2H3,(H,18,19). The number of ether oxygens (including phenoxy) is 1. The van der Waals surface area contributed by atoms with Crippen molar-refractivity contribution in [3.63, 3.8) is 0 Å². The van der Waals surface area contributed by atoms with E-state index >= 15 is 0 Å². The first-order valence-electron chi connectivity index (χ1n) is 6.68. The number of rotatable bonds is 4. The number of carboxylic acid groups (broad SMARTS) is 1. The molecule has 1 saturated carbocycles. The Kier molecular flexibility index (Phi) is 4.28. The molecular formula is C15H19FO4. The molecule has 0 heterocycles. The van der Waals surface area contributed by atoms with Gasteiger partial charge in [0.05, 0.1) is 19.1 Å². The van der Waals surface area contributed by atoms with E-state index in [-0.39, 0.29) is 11.5 Å². The number of halogens is 1. The molecule has 0 aromatic heterocycles. The molecule has 0 radical (unpaired) electrons. The minimum Gasteiger partial charge on any atom is -0.497 e. The normalized spacial score (nSPS) is 27.3. The smallest absolute Gasteiger partial charge is 0.306 e. The van der Waals surface area contributed by atoms with Crippen LogP contribution in [0.4, 0.5) is 4.39 Å². The van der Waals surface area contributed by atoms with Gasteiger partial charge in [-0.3, -0.25) is 4.79 Å². The number of aliphatic carboxylic acids is 1. The zero-order valence-corrected chi connectivity index (χ0v) is 11.5. The average Bonchev–Trinajstić information content (AvgIpc) is 2.80. The highest BCUT2D eigenvalue weighted by molar-refractivity contribution is 5.71. The summed E-state index contributed by atoms with van der Waals surface area (Å²) in [5, 5.41) is 19.6. The van der Waals surface area contributed by atoms with Gasteiger partial charge in [0.25, 0.3) is 0 Å². The quantitative estimate of drug-likeness (QED) is 0.891. The van der Waals surface area contributed by atoms with Crippen molar-refractivity contribution in [3.05, 3.63) is 29.6 Å². The minimum absolute atomic E-state index is 0.135. The molecule has 1 aromatic rings. The van der Waals surface area contributed by atoms with Crippen LogP contribution in [0.3, 0.4) is 0 Å². The molecule has 1 aliphatic carbocycles. The largest absolute Gasteiger partial charge is 0.497 e. The third kappa shape index (κ3) is 2.77. The van der Waals surface area contributed by atoms with Crippen molar-refractivity contribution in [2.24, 2.45) is 17.8 Å². The Morgan fingerprint density at radius 1 is 1.45 bits per heavy atom. The maximum absolute atomic E-state index is 14.0. The summed E-state index contributed by atoms with van der Waals surface area (Å²) in [6, 6.07) is 4.23. The van der Waals surface area contributed by atoms with E-state index in [2.05, 4.69) is 0 Å². The SMILES string of the molecule is COc1ccc(C(O)C2CC(C)CC2C(=O)O)c(F)c1. The first-order chi connectivity index (χ1) is 9.43. The first kappa shape index (κ1) is 14.8. The van der Waals surface area contributed by atoms with Crippen LogP contribution in [0.1, 0.15) is 31.4 Å². The highest BCUT2D eigenvalue weighted by Gasteiger charge is 2.41. The summed E-state index contributed by atoms with van der Waals surface area (Å²) >= 11 is 0. The number of methoxy groups -OCH3 is 1. The third-order valence-electron chi connectivity index (χ3n) is 4.10. The highest BCUT2D eigenvalue weighted by atomic mass is 19.1. The predicted octanol–water partition coefficient (Wildman–Crippen LogP) is 2.61. The average molecular weight is 282 g/mol. The van der Waals surface area contributed by atoms with Crippen molar-refractivity contribution < 1.29 is 24.1 Å². The monoisotopic (exact) mass is 282 g/mol. The lowest BCUT2D eigenvalue weighted by Crippen LogP contribution is -2.24. The lowest BCUT2D eigenvalue weighted by molar-refractivity contribution is -0.144. The molecule has 110 valence electrons. The number of aliphatic hydroxyl groups excluding tert-OH is 1. The molecule has 0 spiro atoms. The Labute approximate surface area is 117 Å². The van der Waals surface area contributed by atoms with Gasteiger partial charge in [0.15, 0.2) is 0 Å². The Morgan fingerprint density at radius 2 is 2.15 bits per heavy atom. The lowest BCUT2D eigenvalue weighted by Gasteiger charge is -2.23. The summed E-state index contributed by atoms with van der Waals surface area (Å²) in [5.41, 5.74) is 0.135. The third-order valence-corrected chi connectivity index (χ3v) is 4.10. The summed E-state index contributed by atoms with van der Waals surface area (Å²) in [4.78, 5) is 11.3. The number of hydrogen-bond acceptors (Lipinski definition) is 3. The molecule has 1 fully saturated rings. The van der Waals surface area contributed by atoms with Crippen LogP contribution in [-0.4, -0.2) is 23.3 Å². The van der Waals surface area contributed by atoms with Crippen LogP contribution in [0, 0.1) is 23.6 Å². The fourth-order valence-corrected chi connectivity index (χ4v) is 3.07. The summed E-state index contributed by atoms with van der Waals surface area (Å²) in [6.45, 7) is 1.95. The molecule has 4 atom stereocenters. The molecule has 1 aromatic carbocycles. The maximum Gasteiger partial charge on any atom is 0.306 e. The van der Waals surface area contributed by atoms with Crippen molar-refractivity contribution >= 4 is 5.97 Å². The number of carboxylic acids is 1. The van der Waals surface area contributed by atoms with Crippen LogP contribution in [0.2, 0.25) is 0 Å². The second-order valence-electron chi connectivity index (χ2n) is 5.52. The molecular weight excluding hydrogens is 263 g/mol. The van der Waals surface area contributed by atoms with E-state index in [0.717, 1.165) is 0 Å². The number of carbonyl (C=O) groups is 1. The van der Waals surface area contributed by atoms with Crippen LogP contribution in [-0.2, 0) is 4.79 Å². The van der Waals surface area contributed by atoms with Gasteiger partial charge in [0.2, 0.25) is 0 Å². The number of hydrogen-bond donors (Lipinski definition) is 2. The molecule has 5 heteroatoms. The van der Waals surface area contributed by atoms with Crippen LogP contribution in [0.15, 0.2) is 18.2 Å². The molecule has 1 aliphatic rings. The van der Waals surface area contributed by atoms with Gasteiger partial charge in [-0.25, -0.2) is 4.39 Å². The summed E-state index contributed by atoms with van der Waals surface area (Å²) in [5.74, 6) is -1.98.